The topological polar surface area (TPSA) is 125 Å². The highest BCUT2D eigenvalue weighted by atomic mass is 16.5. The van der Waals surface area contributed by atoms with Crippen LogP contribution in [0.15, 0.2) is 47.0 Å². The van der Waals surface area contributed by atoms with E-state index in [0.29, 0.717) is 42.0 Å². The second kappa shape index (κ2) is 12.2. The van der Waals surface area contributed by atoms with Crippen molar-refractivity contribution < 1.29 is 28.3 Å². The van der Waals surface area contributed by atoms with Gasteiger partial charge in [-0.3, -0.25) is 20.4 Å². The molecule has 0 aliphatic heterocycles. The van der Waals surface area contributed by atoms with Gasteiger partial charge in [0.25, 0.3) is 5.91 Å². The molecule has 3 aromatic rings. The third-order valence-electron chi connectivity index (χ3n) is 4.66. The molecular formula is C24H28N4O6. The van der Waals surface area contributed by atoms with Crippen molar-refractivity contribution in [1.29, 1.82) is 0 Å². The number of aryl methyl sites for hydroxylation is 1. The van der Waals surface area contributed by atoms with Crippen molar-refractivity contribution in [3.63, 3.8) is 0 Å². The Labute approximate surface area is 197 Å². The number of hydrogen-bond donors (Lipinski definition) is 2. The molecule has 0 aliphatic carbocycles. The number of aromatic nitrogens is 2. The Hall–Kier alpha value is -4.08. The Kier molecular flexibility index (Phi) is 8.84. The number of methoxy groups -OCH3 is 1. The third kappa shape index (κ3) is 6.71. The van der Waals surface area contributed by atoms with Gasteiger partial charge in [-0.15, -0.1) is 0 Å². The van der Waals surface area contributed by atoms with E-state index in [-0.39, 0.29) is 12.8 Å². The summed E-state index contributed by atoms with van der Waals surface area (Å²) < 4.78 is 21.5. The summed E-state index contributed by atoms with van der Waals surface area (Å²) in [7, 11) is 1.50. The monoisotopic (exact) mass is 468 g/mol. The van der Waals surface area contributed by atoms with E-state index in [1.165, 1.54) is 7.11 Å². The Morgan fingerprint density at radius 3 is 2.50 bits per heavy atom. The second-order valence-corrected chi connectivity index (χ2v) is 7.19. The van der Waals surface area contributed by atoms with E-state index >= 15 is 0 Å². The molecule has 1 heterocycles. The van der Waals surface area contributed by atoms with E-state index in [1.807, 2.05) is 38.1 Å². The molecule has 0 atom stereocenters. The number of hydrogen-bond acceptors (Lipinski definition) is 8. The smallest absolute Gasteiger partial charge is 0.269 e. The van der Waals surface area contributed by atoms with Gasteiger partial charge < -0.3 is 18.7 Å². The minimum atomic E-state index is -0.482. The number of carbonyl (C=O) groups excluding carboxylic acids is 2. The van der Waals surface area contributed by atoms with E-state index < -0.39 is 11.8 Å². The van der Waals surface area contributed by atoms with Crippen molar-refractivity contribution in [2.45, 2.75) is 33.1 Å². The van der Waals surface area contributed by atoms with Gasteiger partial charge in [0, 0.05) is 24.0 Å². The van der Waals surface area contributed by atoms with Crippen LogP contribution in [0.3, 0.4) is 0 Å². The molecule has 180 valence electrons. The first kappa shape index (κ1) is 24.6. The van der Waals surface area contributed by atoms with Crippen molar-refractivity contribution in [2.75, 3.05) is 20.3 Å². The zero-order valence-electron chi connectivity index (χ0n) is 19.4. The van der Waals surface area contributed by atoms with Crippen LogP contribution in [0.5, 0.6) is 17.2 Å². The molecule has 2 amide bonds. The maximum atomic E-state index is 12.4. The lowest BCUT2D eigenvalue weighted by Gasteiger charge is -2.12. The zero-order valence-corrected chi connectivity index (χ0v) is 19.4. The van der Waals surface area contributed by atoms with Gasteiger partial charge in [0.05, 0.1) is 20.3 Å². The van der Waals surface area contributed by atoms with Crippen molar-refractivity contribution >= 4 is 11.8 Å². The average molecular weight is 469 g/mol. The Morgan fingerprint density at radius 1 is 1.00 bits per heavy atom. The summed E-state index contributed by atoms with van der Waals surface area (Å²) in [5.41, 5.74) is 5.85. The summed E-state index contributed by atoms with van der Waals surface area (Å²) in [5.74, 6) is 1.60. The summed E-state index contributed by atoms with van der Waals surface area (Å²) in [6.07, 6.45) is 1.13. The molecule has 0 spiro atoms. The van der Waals surface area contributed by atoms with E-state index in [4.69, 9.17) is 18.7 Å². The molecule has 34 heavy (non-hydrogen) atoms. The van der Waals surface area contributed by atoms with Crippen LogP contribution in [-0.4, -0.2) is 42.3 Å². The molecule has 0 saturated heterocycles. The summed E-state index contributed by atoms with van der Waals surface area (Å²) >= 11 is 0. The first-order valence-corrected chi connectivity index (χ1v) is 11.0. The maximum absolute atomic E-state index is 12.4. The Morgan fingerprint density at radius 2 is 1.79 bits per heavy atom. The molecular weight excluding hydrogens is 440 g/mol. The highest BCUT2D eigenvalue weighted by Crippen LogP contribution is 2.28. The molecule has 10 heteroatoms. The number of hydrazine groups is 1. The molecule has 3 rings (SSSR count). The minimum absolute atomic E-state index is 0.0539. The lowest BCUT2D eigenvalue weighted by atomic mass is 10.2. The SMILES string of the molecule is CCCOc1ccc(C(=O)NNC(=O)CCc2nc(-c3ccc(OCC)cc3)no2)cc1OC. The molecule has 0 radical (unpaired) electrons. The molecule has 0 aliphatic rings. The Bertz CT molecular complexity index is 1100. The first-order valence-electron chi connectivity index (χ1n) is 11.0. The van der Waals surface area contributed by atoms with Crippen LogP contribution in [0.25, 0.3) is 11.4 Å². The van der Waals surface area contributed by atoms with Crippen molar-refractivity contribution in [1.82, 2.24) is 21.0 Å². The molecule has 2 aromatic carbocycles. The number of rotatable bonds is 11. The van der Waals surface area contributed by atoms with Gasteiger partial charge >= 0.3 is 0 Å². The molecule has 0 saturated carbocycles. The molecule has 0 fully saturated rings. The van der Waals surface area contributed by atoms with Gasteiger partial charge in [-0.1, -0.05) is 12.1 Å². The lowest BCUT2D eigenvalue weighted by molar-refractivity contribution is -0.121. The minimum Gasteiger partial charge on any atom is -0.494 e. The summed E-state index contributed by atoms with van der Waals surface area (Å²) in [6, 6.07) is 12.1. The van der Waals surface area contributed by atoms with Crippen LogP contribution in [0, 0.1) is 0 Å². The molecule has 2 N–H and O–H groups in total. The third-order valence-corrected chi connectivity index (χ3v) is 4.66. The molecule has 0 bridgehead atoms. The van der Waals surface area contributed by atoms with Gasteiger partial charge in [-0.25, -0.2) is 0 Å². The van der Waals surface area contributed by atoms with Crippen LogP contribution < -0.4 is 25.1 Å². The van der Waals surface area contributed by atoms with Crippen LogP contribution >= 0.6 is 0 Å². The van der Waals surface area contributed by atoms with E-state index in [2.05, 4.69) is 21.0 Å². The zero-order chi connectivity index (χ0) is 24.3. The quantitative estimate of drug-likeness (QED) is 0.411. The predicted molar refractivity (Wildman–Crippen MR) is 124 cm³/mol. The number of carbonyl (C=O) groups is 2. The van der Waals surface area contributed by atoms with Gasteiger partial charge in [0.15, 0.2) is 11.5 Å². The standard InChI is InChI=1S/C24H28N4O6/c1-4-14-33-19-11-8-17(15-20(19)31-3)24(30)27-26-21(29)12-13-22-25-23(28-34-22)16-6-9-18(10-7-16)32-5-2/h6-11,15H,4-5,12-14H2,1-3H3,(H,26,29)(H,27,30). The average Bonchev–Trinajstić information content (AvgIpc) is 3.34. The normalized spacial score (nSPS) is 10.4. The molecule has 10 nitrogen and oxygen atoms in total. The van der Waals surface area contributed by atoms with Crippen LogP contribution in [0.2, 0.25) is 0 Å². The maximum Gasteiger partial charge on any atom is 0.269 e. The number of benzene rings is 2. The second-order valence-electron chi connectivity index (χ2n) is 7.19. The van der Waals surface area contributed by atoms with Crippen LogP contribution in [0.4, 0.5) is 0 Å². The van der Waals surface area contributed by atoms with E-state index in [1.54, 1.807) is 18.2 Å². The number of amides is 2. The number of ether oxygens (including phenoxy) is 3. The number of nitrogens with zero attached hydrogens (tertiary/aromatic N) is 2. The first-order chi connectivity index (χ1) is 16.5. The van der Waals surface area contributed by atoms with Gasteiger partial charge in [0.2, 0.25) is 17.6 Å². The largest absolute Gasteiger partial charge is 0.494 e. The summed E-state index contributed by atoms with van der Waals surface area (Å²) in [4.78, 5) is 28.8. The Balaban J connectivity index is 1.48. The molecule has 0 unspecified atom stereocenters. The summed E-state index contributed by atoms with van der Waals surface area (Å²) in [6.45, 7) is 5.04. The summed E-state index contributed by atoms with van der Waals surface area (Å²) in [5, 5.41) is 3.95. The highest BCUT2D eigenvalue weighted by Gasteiger charge is 2.14. The van der Waals surface area contributed by atoms with Crippen molar-refractivity contribution in [2.24, 2.45) is 0 Å². The predicted octanol–water partition coefficient (Wildman–Crippen LogP) is 3.33. The van der Waals surface area contributed by atoms with Crippen molar-refractivity contribution in [3.05, 3.63) is 53.9 Å². The lowest BCUT2D eigenvalue weighted by Crippen LogP contribution is -2.41. The fourth-order valence-electron chi connectivity index (χ4n) is 2.96. The van der Waals surface area contributed by atoms with Crippen LogP contribution in [-0.2, 0) is 11.2 Å². The van der Waals surface area contributed by atoms with Gasteiger partial charge in [0.1, 0.15) is 5.75 Å². The molecule has 1 aromatic heterocycles. The highest BCUT2D eigenvalue weighted by molar-refractivity contribution is 5.96. The van der Waals surface area contributed by atoms with E-state index in [9.17, 15) is 9.59 Å². The van der Waals surface area contributed by atoms with Crippen LogP contribution in [0.1, 0.15) is 42.9 Å². The van der Waals surface area contributed by atoms with Crippen molar-refractivity contribution in [3.8, 4) is 28.6 Å². The van der Waals surface area contributed by atoms with E-state index in [0.717, 1.165) is 17.7 Å². The fraction of sp³-hybridized carbons (Fsp3) is 0.333. The number of nitrogens with one attached hydrogen (secondary N) is 2. The van der Waals surface area contributed by atoms with Gasteiger partial charge in [-0.2, -0.15) is 4.98 Å². The van der Waals surface area contributed by atoms with Gasteiger partial charge in [-0.05, 0) is 55.8 Å². The fourth-order valence-corrected chi connectivity index (χ4v) is 2.96.